The van der Waals surface area contributed by atoms with Gasteiger partial charge in [0.1, 0.15) is 10.5 Å². The predicted molar refractivity (Wildman–Crippen MR) is 114 cm³/mol. The maximum Gasteiger partial charge on any atom is 0.310 e. The van der Waals surface area contributed by atoms with Gasteiger partial charge in [0.15, 0.2) is 0 Å². The molecule has 0 bridgehead atoms. The van der Waals surface area contributed by atoms with E-state index in [1.807, 2.05) is 0 Å². The van der Waals surface area contributed by atoms with Crippen molar-refractivity contribution in [2.45, 2.75) is 43.1 Å². The second kappa shape index (κ2) is 6.97. The molecule has 0 unspecified atom stereocenters. The molecule has 1 aliphatic rings. The lowest BCUT2D eigenvalue weighted by Crippen LogP contribution is -2.56. The van der Waals surface area contributed by atoms with Crippen LogP contribution in [0.3, 0.4) is 0 Å². The summed E-state index contributed by atoms with van der Waals surface area (Å²) >= 11 is 0. The van der Waals surface area contributed by atoms with E-state index in [1.54, 1.807) is 13.0 Å². The monoisotopic (exact) mass is 506 g/mol. The van der Waals surface area contributed by atoms with Gasteiger partial charge < -0.3 is 14.8 Å². The summed E-state index contributed by atoms with van der Waals surface area (Å²) in [7, 11) is -9.89. The molecule has 0 amide bonds. The Morgan fingerprint density at radius 3 is 2.35 bits per heavy atom. The zero-order valence-corrected chi connectivity index (χ0v) is 19.3. The van der Waals surface area contributed by atoms with E-state index in [0.29, 0.717) is 28.8 Å². The molecule has 34 heavy (non-hydrogen) atoms. The van der Waals surface area contributed by atoms with Crippen LogP contribution in [0.4, 0.5) is 19.4 Å². The molecule has 1 saturated heterocycles. The minimum Gasteiger partial charge on any atom is -0.381 e. The van der Waals surface area contributed by atoms with Crippen LogP contribution < -0.4 is 0 Å². The Morgan fingerprint density at radius 2 is 1.79 bits per heavy atom. The minimum atomic E-state index is -9.89. The van der Waals surface area contributed by atoms with E-state index in [2.05, 4.69) is 15.1 Å². The third kappa shape index (κ3) is 4.92. The van der Waals surface area contributed by atoms with E-state index in [1.165, 1.54) is 26.2 Å². The van der Waals surface area contributed by atoms with Gasteiger partial charge in [-0.2, -0.15) is 10.0 Å². The summed E-state index contributed by atoms with van der Waals surface area (Å²) in [6.07, 6.45) is 3.04. The highest BCUT2D eigenvalue weighted by molar-refractivity contribution is 8.45. The third-order valence-corrected chi connectivity index (χ3v) is 6.78. The van der Waals surface area contributed by atoms with Crippen molar-refractivity contribution in [2.75, 3.05) is 13.1 Å². The average Bonchev–Trinajstić information content (AvgIpc) is 3.16. The highest BCUT2D eigenvalue weighted by Crippen LogP contribution is 3.02. The summed E-state index contributed by atoms with van der Waals surface area (Å²) in [5, 5.41) is 24.3. The normalized spacial score (nSPS) is 18.8. The van der Waals surface area contributed by atoms with E-state index in [4.69, 9.17) is 4.52 Å². The SMILES string of the molecule is CC(C)(O)c1nc(-c2cncc(Cc3ccc(S(F)(F)(F)(F)F)cc3C3(C)CN(O)C3)c2)no1. The molecule has 13 heteroatoms. The molecule has 1 aromatic carbocycles. The number of pyridine rings is 1. The van der Waals surface area contributed by atoms with Gasteiger partial charge in [0.2, 0.25) is 5.82 Å². The molecule has 0 spiro atoms. The lowest BCUT2D eigenvalue weighted by molar-refractivity contribution is -0.176. The predicted octanol–water partition coefficient (Wildman–Crippen LogP) is 5.57. The Bertz CT molecular complexity index is 1250. The summed E-state index contributed by atoms with van der Waals surface area (Å²) in [6, 6.07) is 3.58. The van der Waals surface area contributed by atoms with Gasteiger partial charge in [0.25, 0.3) is 5.89 Å². The van der Waals surface area contributed by atoms with Crippen molar-refractivity contribution < 1.29 is 34.3 Å². The molecular formula is C21H23F5N4O3S. The lowest BCUT2D eigenvalue weighted by atomic mass is 9.74. The number of hydroxylamine groups is 2. The number of benzene rings is 1. The molecule has 1 fully saturated rings. The standard InChI is InChI=1S/C21H23F5N4O3S/c1-20(2,31)19-28-18(29-33-19)15-7-13(9-27-10-15)6-14-4-5-16(34(22,23,24,25)26)8-17(14)21(3)11-30(32)12-21/h4-5,7-10,31-32H,6,11-12H2,1-3H3. The quantitative estimate of drug-likeness (QED) is 0.422. The molecule has 0 aliphatic carbocycles. The topological polar surface area (TPSA) is 95.5 Å². The fourth-order valence-electron chi connectivity index (χ4n) is 3.96. The molecule has 3 heterocycles. The first-order valence-corrected chi connectivity index (χ1v) is 12.1. The van der Waals surface area contributed by atoms with Gasteiger partial charge in [-0.15, -0.1) is 0 Å². The van der Waals surface area contributed by atoms with Crippen molar-refractivity contribution in [3.63, 3.8) is 0 Å². The molecule has 0 radical (unpaired) electrons. The number of nitrogens with zero attached hydrogens (tertiary/aromatic N) is 4. The minimum absolute atomic E-state index is 0.00461. The van der Waals surface area contributed by atoms with Crippen LogP contribution >= 0.6 is 10.2 Å². The molecule has 1 aliphatic heterocycles. The largest absolute Gasteiger partial charge is 0.381 e. The van der Waals surface area contributed by atoms with E-state index in [-0.39, 0.29) is 36.8 Å². The lowest BCUT2D eigenvalue weighted by Gasteiger charge is -2.47. The number of aliphatic hydroxyl groups is 1. The molecular weight excluding hydrogens is 483 g/mol. The summed E-state index contributed by atoms with van der Waals surface area (Å²) < 4.78 is 72.5. The van der Waals surface area contributed by atoms with Crippen molar-refractivity contribution in [1.29, 1.82) is 0 Å². The smallest absolute Gasteiger partial charge is 0.310 e. The summed E-state index contributed by atoms with van der Waals surface area (Å²) in [6.45, 7) is 4.57. The van der Waals surface area contributed by atoms with E-state index in [0.717, 1.165) is 11.1 Å². The zero-order valence-electron chi connectivity index (χ0n) is 18.5. The van der Waals surface area contributed by atoms with Crippen LogP contribution in [0.2, 0.25) is 0 Å². The summed E-state index contributed by atoms with van der Waals surface area (Å²) in [5.74, 6) is 0.151. The Balaban J connectivity index is 1.72. The maximum absolute atomic E-state index is 13.5. The van der Waals surface area contributed by atoms with Crippen molar-refractivity contribution in [3.8, 4) is 11.4 Å². The van der Waals surface area contributed by atoms with Gasteiger partial charge in [0.05, 0.1) is 0 Å². The van der Waals surface area contributed by atoms with Crippen molar-refractivity contribution in [1.82, 2.24) is 20.2 Å². The van der Waals surface area contributed by atoms with Gasteiger partial charge in [-0.05, 0) is 55.2 Å². The highest BCUT2D eigenvalue weighted by atomic mass is 32.5. The Labute approximate surface area is 191 Å². The first-order valence-electron chi connectivity index (χ1n) is 10.2. The van der Waals surface area contributed by atoms with Gasteiger partial charge in [-0.25, -0.2) is 0 Å². The van der Waals surface area contributed by atoms with E-state index < -0.39 is 26.1 Å². The van der Waals surface area contributed by atoms with Crippen LogP contribution in [0, 0.1) is 0 Å². The van der Waals surface area contributed by atoms with Gasteiger partial charge in [-0.3, -0.25) is 4.98 Å². The molecule has 186 valence electrons. The molecule has 4 rings (SSSR count). The fraction of sp³-hybridized carbons (Fsp3) is 0.381. The molecule has 0 saturated carbocycles. The number of hydrogen-bond donors (Lipinski definition) is 2. The molecule has 7 nitrogen and oxygen atoms in total. The van der Waals surface area contributed by atoms with Crippen LogP contribution in [0.15, 0.2) is 46.1 Å². The Hall–Kier alpha value is -2.61. The van der Waals surface area contributed by atoms with Crippen LogP contribution in [0.1, 0.15) is 43.4 Å². The first kappa shape index (κ1) is 24.5. The fourth-order valence-corrected chi connectivity index (χ4v) is 4.62. The molecule has 0 atom stereocenters. The molecule has 3 aromatic rings. The highest BCUT2D eigenvalue weighted by Gasteiger charge is 2.65. The van der Waals surface area contributed by atoms with Crippen molar-refractivity contribution in [3.05, 3.63) is 59.2 Å². The Morgan fingerprint density at radius 1 is 1.12 bits per heavy atom. The third-order valence-electron chi connectivity index (χ3n) is 5.64. The van der Waals surface area contributed by atoms with E-state index in [9.17, 15) is 29.7 Å². The van der Waals surface area contributed by atoms with Crippen molar-refractivity contribution >= 4 is 10.2 Å². The van der Waals surface area contributed by atoms with Gasteiger partial charge >= 0.3 is 10.2 Å². The van der Waals surface area contributed by atoms with Crippen LogP contribution in [-0.4, -0.2) is 43.6 Å². The summed E-state index contributed by atoms with van der Waals surface area (Å²) in [5.41, 5.74) is -0.809. The zero-order chi connectivity index (χ0) is 25.2. The summed E-state index contributed by atoms with van der Waals surface area (Å²) in [4.78, 5) is 6.29. The second-order valence-electron chi connectivity index (χ2n) is 9.41. The van der Waals surface area contributed by atoms with E-state index >= 15 is 0 Å². The van der Waals surface area contributed by atoms with Gasteiger partial charge in [0, 0.05) is 36.5 Å². The molecule has 2 N–H and O–H groups in total. The molecule has 2 aromatic heterocycles. The first-order chi connectivity index (χ1) is 15.3. The van der Waals surface area contributed by atoms with Crippen LogP contribution in [0.5, 0.6) is 0 Å². The average molecular weight is 506 g/mol. The van der Waals surface area contributed by atoms with Crippen LogP contribution in [-0.2, 0) is 17.4 Å². The second-order valence-corrected chi connectivity index (χ2v) is 11.8. The van der Waals surface area contributed by atoms with Crippen molar-refractivity contribution in [2.24, 2.45) is 0 Å². The van der Waals surface area contributed by atoms with Crippen LogP contribution in [0.25, 0.3) is 11.4 Å². The number of hydrogen-bond acceptors (Lipinski definition) is 7. The number of halogens is 5. The van der Waals surface area contributed by atoms with Gasteiger partial charge in [-0.1, -0.05) is 37.6 Å². The number of rotatable bonds is 6. The Kier molecular flexibility index (Phi) is 5.02. The maximum atomic E-state index is 13.5. The number of aromatic nitrogens is 3.